The third kappa shape index (κ3) is 5.72. The van der Waals surface area contributed by atoms with Crippen molar-refractivity contribution in [3.8, 4) is 17.1 Å². The molecule has 0 aliphatic rings. The number of hydrogen-bond donors (Lipinski definition) is 3. The largest absolute Gasteiger partial charge is 0.494 e. The van der Waals surface area contributed by atoms with E-state index >= 15 is 0 Å². The number of rotatable bonds is 7. The van der Waals surface area contributed by atoms with Gasteiger partial charge in [0.25, 0.3) is 0 Å². The Labute approximate surface area is 197 Å². The number of ether oxygens (including phenoxy) is 1. The van der Waals surface area contributed by atoms with Gasteiger partial charge < -0.3 is 20.8 Å². The number of aromatic nitrogens is 2. The van der Waals surface area contributed by atoms with Crippen molar-refractivity contribution >= 4 is 29.2 Å². The van der Waals surface area contributed by atoms with Gasteiger partial charge in [-0.05, 0) is 48.5 Å². The van der Waals surface area contributed by atoms with Crippen LogP contribution in [0.4, 0.5) is 31.8 Å². The molecule has 8 heteroatoms. The molecule has 34 heavy (non-hydrogen) atoms. The van der Waals surface area contributed by atoms with Gasteiger partial charge in [-0.2, -0.15) is 0 Å². The van der Waals surface area contributed by atoms with Crippen LogP contribution in [0.15, 0.2) is 72.8 Å². The summed E-state index contributed by atoms with van der Waals surface area (Å²) in [4.78, 5) is 9.08. The van der Waals surface area contributed by atoms with Crippen molar-refractivity contribution in [2.75, 3.05) is 17.7 Å². The minimum absolute atomic E-state index is 0.115. The van der Waals surface area contributed by atoms with Gasteiger partial charge in [0.15, 0.2) is 17.4 Å². The van der Waals surface area contributed by atoms with Crippen molar-refractivity contribution in [3.05, 3.63) is 90.0 Å². The molecule has 3 N–H and O–H groups in total. The SMILES string of the molecule is CC.COc1ccc(Nc2nc(-c3ccc(F)cc3)nc(Nc3ccccc3)c2C=N)cc1F. The second-order valence-corrected chi connectivity index (χ2v) is 6.77. The highest BCUT2D eigenvalue weighted by Crippen LogP contribution is 2.30. The van der Waals surface area contributed by atoms with Crippen molar-refractivity contribution in [1.82, 2.24) is 9.97 Å². The number of halogens is 2. The maximum absolute atomic E-state index is 14.2. The fourth-order valence-electron chi connectivity index (χ4n) is 3.06. The Bertz CT molecular complexity index is 1250. The molecule has 0 saturated heterocycles. The van der Waals surface area contributed by atoms with E-state index in [0.717, 1.165) is 11.9 Å². The molecule has 6 nitrogen and oxygen atoms in total. The van der Waals surface area contributed by atoms with Crippen LogP contribution in [0.2, 0.25) is 0 Å². The molecule has 0 radical (unpaired) electrons. The Balaban J connectivity index is 0.00000158. The van der Waals surface area contributed by atoms with Gasteiger partial charge in [0.2, 0.25) is 0 Å². The quantitative estimate of drug-likeness (QED) is 0.260. The first-order valence-corrected chi connectivity index (χ1v) is 10.7. The zero-order valence-corrected chi connectivity index (χ0v) is 19.1. The van der Waals surface area contributed by atoms with Gasteiger partial charge in [0.1, 0.15) is 17.5 Å². The molecule has 3 aromatic carbocycles. The van der Waals surface area contributed by atoms with Crippen LogP contribution in [0.5, 0.6) is 5.75 Å². The van der Waals surface area contributed by atoms with Gasteiger partial charge in [-0.3, -0.25) is 0 Å². The lowest BCUT2D eigenvalue weighted by Crippen LogP contribution is -2.07. The van der Waals surface area contributed by atoms with Gasteiger partial charge in [-0.1, -0.05) is 32.0 Å². The smallest absolute Gasteiger partial charge is 0.167 e. The highest BCUT2D eigenvalue weighted by Gasteiger charge is 2.16. The van der Waals surface area contributed by atoms with Gasteiger partial charge in [0, 0.05) is 29.2 Å². The van der Waals surface area contributed by atoms with E-state index in [2.05, 4.69) is 20.6 Å². The monoisotopic (exact) mass is 461 g/mol. The molecular weight excluding hydrogens is 436 g/mol. The normalized spacial score (nSPS) is 10.0. The highest BCUT2D eigenvalue weighted by molar-refractivity contribution is 5.93. The molecule has 0 spiro atoms. The Morgan fingerprint density at radius 2 is 1.44 bits per heavy atom. The van der Waals surface area contributed by atoms with E-state index in [4.69, 9.17) is 10.1 Å². The average Bonchev–Trinajstić information content (AvgIpc) is 2.86. The molecule has 4 aromatic rings. The molecule has 0 saturated carbocycles. The first-order chi connectivity index (χ1) is 16.6. The minimum Gasteiger partial charge on any atom is -0.494 e. The topological polar surface area (TPSA) is 82.9 Å². The Hall–Kier alpha value is -4.33. The Morgan fingerprint density at radius 3 is 2.00 bits per heavy atom. The molecule has 174 valence electrons. The molecule has 0 fully saturated rings. The number of hydrogen-bond acceptors (Lipinski definition) is 6. The minimum atomic E-state index is -0.538. The maximum Gasteiger partial charge on any atom is 0.167 e. The van der Waals surface area contributed by atoms with Crippen LogP contribution in [0.3, 0.4) is 0 Å². The van der Waals surface area contributed by atoms with Crippen molar-refractivity contribution in [2.45, 2.75) is 13.8 Å². The molecule has 0 unspecified atom stereocenters. The van der Waals surface area contributed by atoms with Crippen molar-refractivity contribution in [3.63, 3.8) is 0 Å². The average molecular weight is 462 g/mol. The van der Waals surface area contributed by atoms with Crippen molar-refractivity contribution in [2.24, 2.45) is 0 Å². The number of anilines is 4. The van der Waals surface area contributed by atoms with E-state index in [1.54, 1.807) is 18.2 Å². The summed E-state index contributed by atoms with van der Waals surface area (Å²) in [6.45, 7) is 4.00. The Kier molecular flexibility index (Phi) is 8.23. The molecule has 0 bridgehead atoms. The molecule has 1 heterocycles. The number of para-hydroxylation sites is 1. The summed E-state index contributed by atoms with van der Waals surface area (Å²) in [6, 6.07) is 19.5. The van der Waals surface area contributed by atoms with Crippen LogP contribution < -0.4 is 15.4 Å². The van der Waals surface area contributed by atoms with E-state index < -0.39 is 5.82 Å². The molecule has 4 rings (SSSR count). The number of nitrogens with one attached hydrogen (secondary N) is 3. The van der Waals surface area contributed by atoms with Gasteiger partial charge in [0.05, 0.1) is 12.7 Å². The van der Waals surface area contributed by atoms with Crippen molar-refractivity contribution in [1.29, 1.82) is 5.41 Å². The summed E-state index contributed by atoms with van der Waals surface area (Å²) in [5, 5.41) is 14.2. The summed E-state index contributed by atoms with van der Waals surface area (Å²) in [7, 11) is 1.39. The molecule has 1 aromatic heterocycles. The lowest BCUT2D eigenvalue weighted by Gasteiger charge is -2.16. The second kappa shape index (κ2) is 11.5. The lowest BCUT2D eigenvalue weighted by atomic mass is 10.2. The van der Waals surface area contributed by atoms with E-state index in [1.165, 1.54) is 31.4 Å². The highest BCUT2D eigenvalue weighted by atomic mass is 19.1. The van der Waals surface area contributed by atoms with Crippen LogP contribution in [-0.4, -0.2) is 23.3 Å². The van der Waals surface area contributed by atoms with E-state index in [1.807, 2.05) is 44.2 Å². The lowest BCUT2D eigenvalue weighted by molar-refractivity contribution is 0.386. The predicted molar refractivity (Wildman–Crippen MR) is 133 cm³/mol. The van der Waals surface area contributed by atoms with Crippen LogP contribution >= 0.6 is 0 Å². The first kappa shape index (κ1) is 24.3. The van der Waals surface area contributed by atoms with E-state index in [0.29, 0.717) is 28.5 Å². The molecular formula is C26H25F2N5O. The first-order valence-electron chi connectivity index (χ1n) is 10.7. The van der Waals surface area contributed by atoms with Crippen LogP contribution in [-0.2, 0) is 0 Å². The maximum atomic E-state index is 14.2. The molecule has 0 atom stereocenters. The molecule has 0 amide bonds. The van der Waals surface area contributed by atoms with Crippen LogP contribution in [0, 0.1) is 17.0 Å². The third-order valence-electron chi connectivity index (χ3n) is 4.64. The summed E-state index contributed by atoms with van der Waals surface area (Å²) in [5.74, 6) is 0.174. The van der Waals surface area contributed by atoms with Gasteiger partial charge in [-0.15, -0.1) is 0 Å². The molecule has 0 aliphatic carbocycles. The number of benzene rings is 3. The number of methoxy groups -OCH3 is 1. The zero-order chi connectivity index (χ0) is 24.5. The van der Waals surface area contributed by atoms with Gasteiger partial charge >= 0.3 is 0 Å². The summed E-state index contributed by atoms with van der Waals surface area (Å²) < 4.78 is 32.6. The fourth-order valence-corrected chi connectivity index (χ4v) is 3.06. The third-order valence-corrected chi connectivity index (χ3v) is 4.64. The van der Waals surface area contributed by atoms with E-state index in [-0.39, 0.29) is 17.4 Å². The summed E-state index contributed by atoms with van der Waals surface area (Å²) in [6.07, 6.45) is 1.11. The second-order valence-electron chi connectivity index (χ2n) is 6.77. The number of nitrogens with zero attached hydrogens (tertiary/aromatic N) is 2. The van der Waals surface area contributed by atoms with Crippen molar-refractivity contribution < 1.29 is 13.5 Å². The zero-order valence-electron chi connectivity index (χ0n) is 19.1. The standard InChI is InChI=1S/C24H19F2N5O.C2H6/c1-32-21-12-11-18(13-20(21)26)29-24-19(14-27)23(28-17-5-3-2-4-6-17)30-22(31-24)15-7-9-16(25)10-8-15;1-2/h2-14,27H,1H3,(H2,28,29,30,31);1-2H3. The van der Waals surface area contributed by atoms with E-state index in [9.17, 15) is 8.78 Å². The predicted octanol–water partition coefficient (Wildman–Crippen LogP) is 6.94. The summed E-state index contributed by atoms with van der Waals surface area (Å²) >= 11 is 0. The van der Waals surface area contributed by atoms with Crippen LogP contribution in [0.25, 0.3) is 11.4 Å². The Morgan fingerprint density at radius 1 is 0.824 bits per heavy atom. The molecule has 0 aliphatic heterocycles. The van der Waals surface area contributed by atoms with Crippen LogP contribution in [0.1, 0.15) is 19.4 Å². The summed E-state index contributed by atoms with van der Waals surface area (Å²) in [5.41, 5.74) is 2.14. The van der Waals surface area contributed by atoms with Gasteiger partial charge in [-0.25, -0.2) is 18.7 Å². The fraction of sp³-hybridized carbons (Fsp3) is 0.115.